The number of nitrogens with one attached hydrogen (secondary N) is 1. The Morgan fingerprint density at radius 1 is 0.935 bits per heavy atom. The molecular formula is C25H34N2O4. The van der Waals surface area contributed by atoms with E-state index in [1.54, 1.807) is 19.1 Å². The normalized spacial score (nSPS) is 12.5. The monoisotopic (exact) mass is 426 g/mol. The largest absolute Gasteiger partial charge is 0.497 e. The van der Waals surface area contributed by atoms with E-state index in [1.165, 1.54) is 0 Å². The van der Waals surface area contributed by atoms with Gasteiger partial charge in [0, 0.05) is 12.6 Å². The van der Waals surface area contributed by atoms with E-state index in [2.05, 4.69) is 5.32 Å². The maximum Gasteiger partial charge on any atom is 0.243 e. The molecule has 0 unspecified atom stereocenters. The van der Waals surface area contributed by atoms with E-state index in [-0.39, 0.29) is 24.3 Å². The molecule has 0 saturated heterocycles. The van der Waals surface area contributed by atoms with E-state index >= 15 is 0 Å². The van der Waals surface area contributed by atoms with Gasteiger partial charge in [0.1, 0.15) is 17.5 Å². The maximum atomic E-state index is 13.4. The molecule has 2 aromatic carbocycles. The van der Waals surface area contributed by atoms with E-state index in [9.17, 15) is 9.59 Å². The Balaban J connectivity index is 2.29. The van der Waals surface area contributed by atoms with Gasteiger partial charge in [-0.15, -0.1) is 0 Å². The fourth-order valence-electron chi connectivity index (χ4n) is 3.35. The zero-order valence-electron chi connectivity index (χ0n) is 19.2. The quantitative estimate of drug-likeness (QED) is 0.590. The third kappa shape index (κ3) is 7.02. The minimum atomic E-state index is -0.550. The van der Waals surface area contributed by atoms with Crippen LogP contribution >= 0.6 is 0 Å². The van der Waals surface area contributed by atoms with Crippen LogP contribution in [0.3, 0.4) is 0 Å². The molecule has 0 spiro atoms. The molecule has 0 bridgehead atoms. The lowest BCUT2D eigenvalue weighted by Crippen LogP contribution is -2.51. The summed E-state index contributed by atoms with van der Waals surface area (Å²) in [6.45, 7) is 6.25. The molecule has 2 atom stereocenters. The van der Waals surface area contributed by atoms with Gasteiger partial charge in [0.25, 0.3) is 0 Å². The van der Waals surface area contributed by atoms with Crippen LogP contribution in [0, 0.1) is 0 Å². The molecule has 0 aliphatic rings. The van der Waals surface area contributed by atoms with Gasteiger partial charge in [-0.2, -0.15) is 0 Å². The molecule has 0 aliphatic heterocycles. The lowest BCUT2D eigenvalue weighted by molar-refractivity contribution is -0.141. The van der Waals surface area contributed by atoms with E-state index in [0.717, 1.165) is 29.0 Å². The van der Waals surface area contributed by atoms with Crippen LogP contribution in [0.25, 0.3) is 0 Å². The molecule has 0 fully saturated rings. The third-order valence-electron chi connectivity index (χ3n) is 5.39. The SMILES string of the molecule is CC[C@@H](C)NC(=O)[C@@H](CC)N(Cc1cccc(OC)c1)C(=O)Cc1ccc(OC)cc1. The number of ether oxygens (including phenoxy) is 2. The van der Waals surface area contributed by atoms with Crippen LogP contribution in [0.15, 0.2) is 48.5 Å². The number of benzene rings is 2. The number of hydrogen-bond acceptors (Lipinski definition) is 4. The fourth-order valence-corrected chi connectivity index (χ4v) is 3.35. The topological polar surface area (TPSA) is 67.9 Å². The first-order chi connectivity index (χ1) is 14.9. The van der Waals surface area contributed by atoms with Gasteiger partial charge in [-0.3, -0.25) is 9.59 Å². The highest BCUT2D eigenvalue weighted by molar-refractivity contribution is 5.88. The Morgan fingerprint density at radius 3 is 2.19 bits per heavy atom. The first-order valence-corrected chi connectivity index (χ1v) is 10.8. The molecule has 6 heteroatoms. The molecule has 6 nitrogen and oxygen atoms in total. The van der Waals surface area contributed by atoms with Crippen molar-refractivity contribution in [2.24, 2.45) is 0 Å². The number of hydrogen-bond donors (Lipinski definition) is 1. The Hall–Kier alpha value is -3.02. The molecule has 0 aliphatic carbocycles. The van der Waals surface area contributed by atoms with Crippen molar-refractivity contribution in [1.82, 2.24) is 10.2 Å². The highest BCUT2D eigenvalue weighted by atomic mass is 16.5. The zero-order valence-corrected chi connectivity index (χ0v) is 19.2. The number of nitrogens with zero attached hydrogens (tertiary/aromatic N) is 1. The molecule has 2 rings (SSSR count). The van der Waals surface area contributed by atoms with Gasteiger partial charge in [-0.1, -0.05) is 38.1 Å². The van der Waals surface area contributed by atoms with Gasteiger partial charge in [0.15, 0.2) is 0 Å². The van der Waals surface area contributed by atoms with Crippen molar-refractivity contribution in [2.45, 2.75) is 58.7 Å². The highest BCUT2D eigenvalue weighted by Gasteiger charge is 2.29. The van der Waals surface area contributed by atoms with Gasteiger partial charge < -0.3 is 19.7 Å². The number of rotatable bonds is 11. The van der Waals surface area contributed by atoms with Crippen molar-refractivity contribution in [1.29, 1.82) is 0 Å². The Kier molecular flexibility index (Phi) is 9.38. The van der Waals surface area contributed by atoms with Crippen LogP contribution in [0.2, 0.25) is 0 Å². The predicted octanol–water partition coefficient (Wildman–Crippen LogP) is 3.97. The van der Waals surface area contributed by atoms with E-state index in [0.29, 0.717) is 13.0 Å². The molecule has 168 valence electrons. The molecule has 0 aromatic heterocycles. The Morgan fingerprint density at radius 2 is 1.61 bits per heavy atom. The summed E-state index contributed by atoms with van der Waals surface area (Å²) in [6.07, 6.45) is 1.57. The Labute approximate surface area is 185 Å². The predicted molar refractivity (Wildman–Crippen MR) is 122 cm³/mol. The van der Waals surface area contributed by atoms with Gasteiger partial charge in [0.05, 0.1) is 20.6 Å². The van der Waals surface area contributed by atoms with Crippen molar-refractivity contribution < 1.29 is 19.1 Å². The lowest BCUT2D eigenvalue weighted by atomic mass is 10.1. The summed E-state index contributed by atoms with van der Waals surface area (Å²) < 4.78 is 10.5. The third-order valence-corrected chi connectivity index (χ3v) is 5.39. The average molecular weight is 427 g/mol. The summed E-state index contributed by atoms with van der Waals surface area (Å²) in [5, 5.41) is 3.03. The molecular weight excluding hydrogens is 392 g/mol. The second kappa shape index (κ2) is 12.0. The summed E-state index contributed by atoms with van der Waals surface area (Å²) >= 11 is 0. The molecule has 1 N–H and O–H groups in total. The van der Waals surface area contributed by atoms with Crippen LogP contribution in [-0.4, -0.2) is 43.0 Å². The van der Waals surface area contributed by atoms with Crippen molar-refractivity contribution in [3.05, 3.63) is 59.7 Å². The summed E-state index contributed by atoms with van der Waals surface area (Å²) in [5.41, 5.74) is 1.79. The Bertz CT molecular complexity index is 851. The van der Waals surface area contributed by atoms with Crippen molar-refractivity contribution >= 4 is 11.8 Å². The van der Waals surface area contributed by atoms with Crippen molar-refractivity contribution in [2.75, 3.05) is 14.2 Å². The molecule has 0 saturated carbocycles. The van der Waals surface area contributed by atoms with Gasteiger partial charge in [-0.25, -0.2) is 0 Å². The van der Waals surface area contributed by atoms with Crippen molar-refractivity contribution in [3.8, 4) is 11.5 Å². The minimum absolute atomic E-state index is 0.0527. The summed E-state index contributed by atoms with van der Waals surface area (Å²) in [7, 11) is 3.22. The standard InChI is InChI=1S/C25H34N2O4/c1-6-18(3)26-25(29)23(7-2)27(17-20-9-8-10-22(15-20)31-5)24(28)16-19-11-13-21(30-4)14-12-19/h8-15,18,23H,6-7,16-17H2,1-5H3,(H,26,29)/t18-,23-/m1/s1. The van der Waals surface area contributed by atoms with E-state index in [1.807, 2.05) is 69.3 Å². The van der Waals surface area contributed by atoms with Crippen LogP contribution in [0.5, 0.6) is 11.5 Å². The first kappa shape index (κ1) is 24.3. The average Bonchev–Trinajstić information content (AvgIpc) is 2.79. The van der Waals surface area contributed by atoms with Crippen LogP contribution in [0.1, 0.15) is 44.7 Å². The minimum Gasteiger partial charge on any atom is -0.497 e. The summed E-state index contributed by atoms with van der Waals surface area (Å²) in [5.74, 6) is 1.24. The van der Waals surface area contributed by atoms with E-state index < -0.39 is 6.04 Å². The summed E-state index contributed by atoms with van der Waals surface area (Å²) in [6, 6.07) is 14.5. The second-order valence-electron chi connectivity index (χ2n) is 7.64. The number of carbonyl (C=O) groups is 2. The first-order valence-electron chi connectivity index (χ1n) is 10.8. The molecule has 0 radical (unpaired) electrons. The van der Waals surface area contributed by atoms with Crippen molar-refractivity contribution in [3.63, 3.8) is 0 Å². The molecule has 0 heterocycles. The maximum absolute atomic E-state index is 13.4. The fraction of sp³-hybridized carbons (Fsp3) is 0.440. The molecule has 2 amide bonds. The number of carbonyl (C=O) groups excluding carboxylic acids is 2. The number of methoxy groups -OCH3 is 2. The van der Waals surface area contributed by atoms with Gasteiger partial charge in [-0.05, 0) is 55.2 Å². The van der Waals surface area contributed by atoms with Crippen LogP contribution in [-0.2, 0) is 22.6 Å². The zero-order chi connectivity index (χ0) is 22.8. The van der Waals surface area contributed by atoms with Gasteiger partial charge in [0.2, 0.25) is 11.8 Å². The molecule has 31 heavy (non-hydrogen) atoms. The van der Waals surface area contributed by atoms with Gasteiger partial charge >= 0.3 is 0 Å². The molecule has 2 aromatic rings. The smallest absolute Gasteiger partial charge is 0.243 e. The number of amides is 2. The highest BCUT2D eigenvalue weighted by Crippen LogP contribution is 2.19. The van der Waals surface area contributed by atoms with Crippen LogP contribution in [0.4, 0.5) is 0 Å². The second-order valence-corrected chi connectivity index (χ2v) is 7.64. The van der Waals surface area contributed by atoms with Crippen LogP contribution < -0.4 is 14.8 Å². The lowest BCUT2D eigenvalue weighted by Gasteiger charge is -2.31. The van der Waals surface area contributed by atoms with E-state index in [4.69, 9.17) is 9.47 Å². The summed E-state index contributed by atoms with van der Waals surface area (Å²) in [4.78, 5) is 28.0.